The molecule has 0 aliphatic heterocycles. The second kappa shape index (κ2) is 11.2. The number of sulfonamides is 1. The van der Waals surface area contributed by atoms with Crippen LogP contribution in [-0.2, 0) is 16.4 Å². The zero-order chi connectivity index (χ0) is 22.1. The second-order valence-electron chi connectivity index (χ2n) is 6.94. The number of hydrogen-bond acceptors (Lipinski definition) is 6. The minimum Gasteiger partial charge on any atom is -0.495 e. The third-order valence-corrected chi connectivity index (χ3v) is 5.81. The highest BCUT2D eigenvalue weighted by atomic mass is 32.2. The molecule has 2 aromatic carbocycles. The zero-order valence-electron chi connectivity index (χ0n) is 18.1. The van der Waals surface area contributed by atoms with Crippen LogP contribution in [0.15, 0.2) is 47.4 Å². The summed E-state index contributed by atoms with van der Waals surface area (Å²) in [5.41, 5.74) is 0.883. The number of hydrogen-bond donors (Lipinski definition) is 1. The number of ether oxygens (including phenoxy) is 3. The van der Waals surface area contributed by atoms with E-state index in [-0.39, 0.29) is 16.7 Å². The number of nitrogens with two attached hydrogens (primary N) is 1. The van der Waals surface area contributed by atoms with Crippen LogP contribution in [0.4, 0.5) is 0 Å². The van der Waals surface area contributed by atoms with Gasteiger partial charge in [0.25, 0.3) is 0 Å². The minimum absolute atomic E-state index is 0.00797. The van der Waals surface area contributed by atoms with Crippen LogP contribution in [0.1, 0.15) is 26.3 Å². The van der Waals surface area contributed by atoms with E-state index in [1.807, 2.05) is 37.3 Å². The van der Waals surface area contributed by atoms with Crippen LogP contribution in [0.3, 0.4) is 0 Å². The van der Waals surface area contributed by atoms with Crippen molar-refractivity contribution in [1.82, 2.24) is 4.90 Å². The van der Waals surface area contributed by atoms with Gasteiger partial charge in [0.15, 0.2) is 11.5 Å². The Bertz CT molecular complexity index is 917. The molecular formula is C22H32N2O5S. The minimum atomic E-state index is -3.85. The fourth-order valence-corrected chi connectivity index (χ4v) is 4.10. The molecule has 0 unspecified atom stereocenters. The number of nitrogens with zero attached hydrogens (tertiary/aromatic N) is 1. The molecule has 2 rings (SSSR count). The predicted octanol–water partition coefficient (Wildman–Crippen LogP) is 3.07. The van der Waals surface area contributed by atoms with Crippen molar-refractivity contribution in [3.05, 3.63) is 48.0 Å². The van der Waals surface area contributed by atoms with Gasteiger partial charge in [-0.25, -0.2) is 13.6 Å². The van der Waals surface area contributed by atoms with E-state index in [2.05, 4.69) is 18.7 Å². The first-order chi connectivity index (χ1) is 14.3. The third kappa shape index (κ3) is 6.62. The Balaban J connectivity index is 2.01. The quantitative estimate of drug-likeness (QED) is 0.550. The van der Waals surface area contributed by atoms with Crippen LogP contribution >= 0.6 is 0 Å². The topological polar surface area (TPSA) is 91.1 Å². The number of primary sulfonamides is 1. The third-order valence-electron chi connectivity index (χ3n) is 4.88. The standard InChI is InChI=1S/C22H32N2O5S/c1-5-24(13-14-29-20-10-8-7-9-19(20)28-6-2)17(3)15-18-11-12-21(27-4)22(16-18)30(23,25)26/h7-12,16-17H,5-6,13-15H2,1-4H3,(H2,23,25,26)/t17-/m1/s1. The molecule has 30 heavy (non-hydrogen) atoms. The van der Waals surface area contributed by atoms with Crippen LogP contribution in [0, 0.1) is 0 Å². The molecule has 7 nitrogen and oxygen atoms in total. The summed E-state index contributed by atoms with van der Waals surface area (Å²) in [6, 6.07) is 12.9. The highest BCUT2D eigenvalue weighted by Gasteiger charge is 2.18. The molecule has 0 saturated carbocycles. The monoisotopic (exact) mass is 436 g/mol. The van der Waals surface area contributed by atoms with Crippen molar-refractivity contribution in [2.24, 2.45) is 5.14 Å². The average Bonchev–Trinajstić information content (AvgIpc) is 2.71. The SMILES string of the molecule is CCOc1ccccc1OCCN(CC)[C@H](C)Cc1ccc(OC)c(S(N)(=O)=O)c1. The Kier molecular flexibility index (Phi) is 8.95. The first kappa shape index (κ1) is 24.0. The Morgan fingerprint density at radius 2 is 1.70 bits per heavy atom. The van der Waals surface area contributed by atoms with Gasteiger partial charge in [0.05, 0.1) is 13.7 Å². The molecular weight excluding hydrogens is 404 g/mol. The van der Waals surface area contributed by atoms with Gasteiger partial charge in [-0.1, -0.05) is 25.1 Å². The first-order valence-electron chi connectivity index (χ1n) is 10.1. The van der Waals surface area contributed by atoms with Crippen molar-refractivity contribution < 1.29 is 22.6 Å². The highest BCUT2D eigenvalue weighted by molar-refractivity contribution is 7.89. The average molecular weight is 437 g/mol. The summed E-state index contributed by atoms with van der Waals surface area (Å²) in [6.45, 7) is 8.82. The number of benzene rings is 2. The van der Waals surface area contributed by atoms with Crippen molar-refractivity contribution in [2.45, 2.75) is 38.1 Å². The van der Waals surface area contributed by atoms with Gasteiger partial charge in [-0.3, -0.25) is 4.90 Å². The number of methoxy groups -OCH3 is 1. The molecule has 2 aromatic rings. The van der Waals surface area contributed by atoms with Crippen LogP contribution < -0.4 is 19.3 Å². The number of rotatable bonds is 12. The maximum absolute atomic E-state index is 11.9. The van der Waals surface area contributed by atoms with E-state index in [4.69, 9.17) is 19.3 Å². The Hall–Kier alpha value is -2.29. The Labute approximate surface area is 179 Å². The summed E-state index contributed by atoms with van der Waals surface area (Å²) < 4.78 is 40.4. The van der Waals surface area contributed by atoms with Crippen molar-refractivity contribution >= 4 is 10.0 Å². The Morgan fingerprint density at radius 3 is 2.27 bits per heavy atom. The molecule has 0 aliphatic rings. The molecule has 0 saturated heterocycles. The molecule has 0 bridgehead atoms. The summed E-state index contributed by atoms with van der Waals surface area (Å²) >= 11 is 0. The van der Waals surface area contributed by atoms with Gasteiger partial charge < -0.3 is 14.2 Å². The molecule has 0 radical (unpaired) electrons. The van der Waals surface area contributed by atoms with Crippen LogP contribution in [0.5, 0.6) is 17.2 Å². The van der Waals surface area contributed by atoms with Crippen molar-refractivity contribution in [1.29, 1.82) is 0 Å². The van der Waals surface area contributed by atoms with Gasteiger partial charge in [-0.15, -0.1) is 0 Å². The van der Waals surface area contributed by atoms with Crippen molar-refractivity contribution in [3.8, 4) is 17.2 Å². The van der Waals surface area contributed by atoms with Crippen LogP contribution in [-0.4, -0.2) is 52.8 Å². The van der Waals surface area contributed by atoms with Gasteiger partial charge in [-0.2, -0.15) is 0 Å². The highest BCUT2D eigenvalue weighted by Crippen LogP contribution is 2.27. The first-order valence-corrected chi connectivity index (χ1v) is 11.6. The largest absolute Gasteiger partial charge is 0.495 e. The van der Waals surface area contributed by atoms with Crippen molar-refractivity contribution in [3.63, 3.8) is 0 Å². The summed E-state index contributed by atoms with van der Waals surface area (Å²) in [5.74, 6) is 1.73. The summed E-state index contributed by atoms with van der Waals surface area (Å²) in [5, 5.41) is 5.33. The normalized spacial score (nSPS) is 12.6. The zero-order valence-corrected chi connectivity index (χ0v) is 18.9. The molecule has 166 valence electrons. The molecule has 1 atom stereocenters. The fourth-order valence-electron chi connectivity index (χ4n) is 3.35. The second-order valence-corrected chi connectivity index (χ2v) is 8.47. The molecule has 2 N–H and O–H groups in total. The maximum atomic E-state index is 11.9. The lowest BCUT2D eigenvalue weighted by atomic mass is 10.1. The van der Waals surface area contributed by atoms with Gasteiger partial charge in [0.2, 0.25) is 10.0 Å². The molecule has 8 heteroatoms. The molecule has 0 heterocycles. The van der Waals surface area contributed by atoms with E-state index in [1.165, 1.54) is 7.11 Å². The molecule has 0 aromatic heterocycles. The van der Waals surface area contributed by atoms with E-state index in [0.29, 0.717) is 19.6 Å². The Morgan fingerprint density at radius 1 is 1.03 bits per heavy atom. The summed E-state index contributed by atoms with van der Waals surface area (Å²) in [4.78, 5) is 2.29. The lowest BCUT2D eigenvalue weighted by Gasteiger charge is -2.28. The fraction of sp³-hybridized carbons (Fsp3) is 0.455. The lowest BCUT2D eigenvalue weighted by Crippen LogP contribution is -2.37. The van der Waals surface area contributed by atoms with Crippen molar-refractivity contribution in [2.75, 3.05) is 33.4 Å². The van der Waals surface area contributed by atoms with E-state index in [0.717, 1.165) is 30.2 Å². The molecule has 0 amide bonds. The molecule has 0 spiro atoms. The van der Waals surface area contributed by atoms with E-state index < -0.39 is 10.0 Å². The van der Waals surface area contributed by atoms with Gasteiger partial charge in [0.1, 0.15) is 17.3 Å². The van der Waals surface area contributed by atoms with E-state index >= 15 is 0 Å². The summed E-state index contributed by atoms with van der Waals surface area (Å²) in [6.07, 6.45) is 0.676. The predicted molar refractivity (Wildman–Crippen MR) is 118 cm³/mol. The lowest BCUT2D eigenvalue weighted by molar-refractivity contribution is 0.170. The number of likely N-dealkylation sites (N-methyl/N-ethyl adjacent to an activating group) is 1. The van der Waals surface area contributed by atoms with Gasteiger partial charge in [-0.05, 0) is 56.6 Å². The van der Waals surface area contributed by atoms with E-state index in [1.54, 1.807) is 12.1 Å². The maximum Gasteiger partial charge on any atom is 0.241 e. The summed E-state index contributed by atoms with van der Waals surface area (Å²) in [7, 11) is -2.43. The van der Waals surface area contributed by atoms with Gasteiger partial charge >= 0.3 is 0 Å². The number of para-hydroxylation sites is 2. The molecule has 0 aliphatic carbocycles. The molecule has 0 fully saturated rings. The van der Waals surface area contributed by atoms with Gasteiger partial charge in [0, 0.05) is 12.6 Å². The van der Waals surface area contributed by atoms with E-state index in [9.17, 15) is 8.42 Å². The van der Waals surface area contributed by atoms with Crippen LogP contribution in [0.2, 0.25) is 0 Å². The smallest absolute Gasteiger partial charge is 0.241 e. The van der Waals surface area contributed by atoms with Crippen LogP contribution in [0.25, 0.3) is 0 Å².